The van der Waals surface area contributed by atoms with Gasteiger partial charge in [0.2, 0.25) is 11.0 Å². The molecule has 1 aromatic heterocycles. The second-order valence-corrected chi connectivity index (χ2v) is 8.14. The van der Waals surface area contributed by atoms with Crippen molar-refractivity contribution in [2.45, 2.75) is 31.8 Å². The van der Waals surface area contributed by atoms with E-state index in [1.807, 2.05) is 6.92 Å². The molecule has 1 aromatic rings. The van der Waals surface area contributed by atoms with Crippen LogP contribution in [0, 0.1) is 12.8 Å². The highest BCUT2D eigenvalue weighted by Gasteiger charge is 2.48. The van der Waals surface area contributed by atoms with E-state index in [0.29, 0.717) is 12.5 Å². The fourth-order valence-corrected chi connectivity index (χ4v) is 4.02. The van der Waals surface area contributed by atoms with Gasteiger partial charge in [0.1, 0.15) is 17.2 Å². The van der Waals surface area contributed by atoms with E-state index < -0.39 is 0 Å². The minimum Gasteiger partial charge on any atom is -0.372 e. The Kier molecular flexibility index (Phi) is 5.36. The first kappa shape index (κ1) is 17.6. The number of aromatic nitrogens is 2. The summed E-state index contributed by atoms with van der Waals surface area (Å²) in [6, 6.07) is 0. The molecule has 1 spiro atoms. The second kappa shape index (κ2) is 7.33. The lowest BCUT2D eigenvalue weighted by Gasteiger charge is -2.53. The molecular weight excluding hydrogens is 328 g/mol. The van der Waals surface area contributed by atoms with E-state index in [0.717, 1.165) is 49.1 Å². The van der Waals surface area contributed by atoms with Crippen LogP contribution in [0.1, 0.15) is 24.3 Å². The summed E-state index contributed by atoms with van der Waals surface area (Å²) in [6.07, 6.45) is 3.13. The summed E-state index contributed by atoms with van der Waals surface area (Å²) in [6.45, 7) is 5.40. The first-order valence-electron chi connectivity index (χ1n) is 8.44. The number of hydrogen-bond donors (Lipinski definition) is 0. The van der Waals surface area contributed by atoms with Gasteiger partial charge >= 0.3 is 0 Å². The van der Waals surface area contributed by atoms with E-state index in [1.54, 1.807) is 30.3 Å². The quantitative estimate of drug-likeness (QED) is 0.718. The zero-order valence-electron chi connectivity index (χ0n) is 14.7. The minimum absolute atomic E-state index is 0.0143. The number of hydrogen-bond acceptors (Lipinski definition) is 7. The van der Waals surface area contributed by atoms with Gasteiger partial charge in [-0.15, -0.1) is 10.2 Å². The molecule has 0 bridgehead atoms. The largest absolute Gasteiger partial charge is 0.372 e. The Labute approximate surface area is 146 Å². The van der Waals surface area contributed by atoms with Crippen molar-refractivity contribution in [3.05, 3.63) is 5.01 Å². The van der Waals surface area contributed by atoms with Crippen LogP contribution in [-0.2, 0) is 14.3 Å². The van der Waals surface area contributed by atoms with Crippen molar-refractivity contribution in [2.24, 2.45) is 5.92 Å². The first-order valence-corrected chi connectivity index (χ1v) is 9.26. The fraction of sp³-hybridized carbons (Fsp3) is 0.812. The van der Waals surface area contributed by atoms with Crippen molar-refractivity contribution in [3.63, 3.8) is 0 Å². The van der Waals surface area contributed by atoms with Crippen LogP contribution in [0.25, 0.3) is 0 Å². The Morgan fingerprint density at radius 3 is 2.92 bits per heavy atom. The molecule has 2 saturated heterocycles. The highest BCUT2D eigenvalue weighted by atomic mass is 32.1. The van der Waals surface area contributed by atoms with Gasteiger partial charge in [0, 0.05) is 27.3 Å². The van der Waals surface area contributed by atoms with E-state index in [4.69, 9.17) is 9.47 Å². The van der Waals surface area contributed by atoms with Crippen molar-refractivity contribution in [1.29, 1.82) is 0 Å². The molecule has 0 N–H and O–H groups in total. The molecule has 7 nitrogen and oxygen atoms in total. The van der Waals surface area contributed by atoms with Gasteiger partial charge in [0.05, 0.1) is 13.1 Å². The first-order chi connectivity index (χ1) is 11.5. The van der Waals surface area contributed by atoms with Gasteiger partial charge in [0.15, 0.2) is 0 Å². The molecule has 3 rings (SSSR count). The molecule has 0 aromatic carbocycles. The number of carbonyl (C=O) groups excluding carboxylic acids is 1. The number of ether oxygens (including phenoxy) is 2. The molecule has 2 aliphatic rings. The maximum absolute atomic E-state index is 11.5. The molecule has 3 heterocycles. The number of aryl methyl sites for hydroxylation is 1. The van der Waals surface area contributed by atoms with Crippen molar-refractivity contribution in [1.82, 2.24) is 15.1 Å². The summed E-state index contributed by atoms with van der Waals surface area (Å²) in [5.41, 5.74) is -0.0258. The zero-order valence-corrected chi connectivity index (χ0v) is 15.5. The molecule has 8 heteroatoms. The van der Waals surface area contributed by atoms with Crippen LogP contribution >= 0.6 is 11.3 Å². The summed E-state index contributed by atoms with van der Waals surface area (Å²) >= 11 is 1.63. The highest BCUT2D eigenvalue weighted by molar-refractivity contribution is 7.15. The number of nitrogens with zero attached hydrogens (tertiary/aromatic N) is 4. The third kappa shape index (κ3) is 4.04. The maximum atomic E-state index is 11.5. The van der Waals surface area contributed by atoms with Crippen LogP contribution in [0.2, 0.25) is 0 Å². The second-order valence-electron chi connectivity index (χ2n) is 6.98. The van der Waals surface area contributed by atoms with E-state index in [9.17, 15) is 4.79 Å². The van der Waals surface area contributed by atoms with Crippen LogP contribution in [-0.4, -0.2) is 73.6 Å². The van der Waals surface area contributed by atoms with E-state index in [-0.39, 0.29) is 18.1 Å². The number of anilines is 1. The van der Waals surface area contributed by atoms with Crippen molar-refractivity contribution >= 4 is 22.4 Å². The predicted molar refractivity (Wildman–Crippen MR) is 92.4 cm³/mol. The topological polar surface area (TPSA) is 67.8 Å². The highest BCUT2D eigenvalue weighted by Crippen LogP contribution is 2.40. The average Bonchev–Trinajstić information content (AvgIpc) is 2.95. The van der Waals surface area contributed by atoms with Crippen molar-refractivity contribution < 1.29 is 14.3 Å². The predicted octanol–water partition coefficient (Wildman–Crippen LogP) is 1.33. The third-order valence-corrected chi connectivity index (χ3v) is 5.63. The maximum Gasteiger partial charge on any atom is 0.248 e. The summed E-state index contributed by atoms with van der Waals surface area (Å²) in [4.78, 5) is 15.3. The van der Waals surface area contributed by atoms with Crippen molar-refractivity contribution in [3.8, 4) is 0 Å². The lowest BCUT2D eigenvalue weighted by molar-refractivity contribution is -0.134. The van der Waals surface area contributed by atoms with Gasteiger partial charge in [-0.25, -0.2) is 0 Å². The number of rotatable bonds is 6. The van der Waals surface area contributed by atoms with Crippen LogP contribution < -0.4 is 4.90 Å². The van der Waals surface area contributed by atoms with E-state index >= 15 is 0 Å². The van der Waals surface area contributed by atoms with Gasteiger partial charge in [-0.3, -0.25) is 4.79 Å². The molecule has 2 fully saturated rings. The number of carbonyl (C=O) groups is 1. The Morgan fingerprint density at radius 1 is 1.46 bits per heavy atom. The number of likely N-dealkylation sites (N-methyl/N-ethyl adjacent to an activating group) is 1. The van der Waals surface area contributed by atoms with Gasteiger partial charge in [-0.05, 0) is 32.1 Å². The molecule has 0 aliphatic carbocycles. The molecular formula is C16H26N4O3S. The lowest BCUT2D eigenvalue weighted by Crippen LogP contribution is -2.65. The van der Waals surface area contributed by atoms with E-state index in [2.05, 4.69) is 15.1 Å². The molecule has 24 heavy (non-hydrogen) atoms. The van der Waals surface area contributed by atoms with Gasteiger partial charge in [-0.2, -0.15) is 0 Å². The van der Waals surface area contributed by atoms with Crippen LogP contribution in [0.3, 0.4) is 0 Å². The van der Waals surface area contributed by atoms with Crippen molar-refractivity contribution in [2.75, 3.05) is 51.9 Å². The van der Waals surface area contributed by atoms with Gasteiger partial charge in [-0.1, -0.05) is 11.3 Å². The molecule has 134 valence electrons. The Bertz CT molecular complexity index is 571. The Balaban J connectivity index is 1.40. The molecule has 0 radical (unpaired) electrons. The smallest absolute Gasteiger partial charge is 0.248 e. The fourth-order valence-electron chi connectivity index (χ4n) is 3.33. The molecule has 1 atom stereocenters. The summed E-state index contributed by atoms with van der Waals surface area (Å²) in [7, 11) is 3.49. The van der Waals surface area contributed by atoms with E-state index in [1.165, 1.54) is 0 Å². The number of amides is 1. The average molecular weight is 354 g/mol. The molecule has 0 saturated carbocycles. The molecule has 1 unspecified atom stereocenters. The normalized spacial score (nSPS) is 22.5. The zero-order chi connectivity index (χ0) is 17.2. The van der Waals surface area contributed by atoms with Gasteiger partial charge < -0.3 is 19.3 Å². The van der Waals surface area contributed by atoms with Crippen LogP contribution in [0.15, 0.2) is 0 Å². The van der Waals surface area contributed by atoms with Crippen LogP contribution in [0.4, 0.5) is 5.13 Å². The summed E-state index contributed by atoms with van der Waals surface area (Å²) in [5, 5.41) is 10.3. The standard InChI is InChI=1S/C16H26N4O3S/c1-12-17-18-15(24-12)20-10-16(11-20)8-13(5-7-23-16)4-6-22-9-14(21)19(2)3/h13H,4-11H2,1-3H3. The summed E-state index contributed by atoms with van der Waals surface area (Å²) in [5.74, 6) is 0.618. The molecule has 1 amide bonds. The van der Waals surface area contributed by atoms with Crippen LogP contribution in [0.5, 0.6) is 0 Å². The van der Waals surface area contributed by atoms with Gasteiger partial charge in [0.25, 0.3) is 0 Å². The molecule has 2 aliphatic heterocycles. The summed E-state index contributed by atoms with van der Waals surface area (Å²) < 4.78 is 11.6. The minimum atomic E-state index is -0.0258. The Hall–Kier alpha value is -1.25. The SMILES string of the molecule is Cc1nnc(N2CC3(CC(CCOCC(=O)N(C)C)CCO3)C2)s1. The third-order valence-electron chi connectivity index (χ3n) is 4.73. The monoisotopic (exact) mass is 354 g/mol. The Morgan fingerprint density at radius 2 is 2.25 bits per heavy atom. The lowest BCUT2D eigenvalue weighted by atomic mass is 9.79.